The molecule has 1 heterocycles. The van der Waals surface area contributed by atoms with Crippen LogP contribution in [0.3, 0.4) is 0 Å². The van der Waals surface area contributed by atoms with Gasteiger partial charge in [-0.15, -0.1) is 0 Å². The molecule has 0 aliphatic rings. The minimum absolute atomic E-state index is 0.523. The lowest BCUT2D eigenvalue weighted by atomic mass is 10.2. The molecule has 16 heavy (non-hydrogen) atoms. The van der Waals surface area contributed by atoms with E-state index in [1.54, 1.807) is 0 Å². The molecule has 0 atom stereocenters. The molecule has 0 bridgehead atoms. The van der Waals surface area contributed by atoms with Gasteiger partial charge in [0, 0.05) is 12.6 Å². The quantitative estimate of drug-likeness (QED) is 0.720. The number of rotatable bonds is 7. The zero-order chi connectivity index (χ0) is 12.0. The van der Waals surface area contributed by atoms with Crippen LogP contribution in [0.1, 0.15) is 32.5 Å². The Kier molecular flexibility index (Phi) is 5.25. The molecule has 0 aromatic carbocycles. The van der Waals surface area contributed by atoms with Crippen molar-refractivity contribution in [3.63, 3.8) is 0 Å². The molecule has 0 fully saturated rings. The van der Waals surface area contributed by atoms with Crippen LogP contribution in [-0.2, 0) is 0 Å². The second kappa shape index (κ2) is 6.48. The van der Waals surface area contributed by atoms with Crippen molar-refractivity contribution >= 4 is 6.01 Å². The van der Waals surface area contributed by atoms with E-state index in [9.17, 15) is 0 Å². The number of hydrogen-bond donors (Lipinski definition) is 1. The monoisotopic (exact) mass is 226 g/mol. The van der Waals surface area contributed by atoms with Crippen molar-refractivity contribution in [2.75, 3.05) is 25.5 Å². The van der Waals surface area contributed by atoms with Gasteiger partial charge in [0.05, 0.1) is 0 Å². The van der Waals surface area contributed by atoms with Gasteiger partial charge in [-0.25, -0.2) is 0 Å². The summed E-state index contributed by atoms with van der Waals surface area (Å²) in [7, 11) is 2.15. The summed E-state index contributed by atoms with van der Waals surface area (Å²) in [6.07, 6.45) is 2.29. The second-order valence-electron chi connectivity index (χ2n) is 4.35. The second-order valence-corrected chi connectivity index (χ2v) is 4.35. The number of nitrogens with zero attached hydrogens (tertiary/aromatic N) is 3. The molecular formula is C11H22N4O. The van der Waals surface area contributed by atoms with Crippen molar-refractivity contribution in [1.29, 1.82) is 0 Å². The molecule has 1 aromatic rings. The standard InChI is InChI=1S/C11H22N4O/c1-9(2)15(4)8-6-5-7-12-11-13-10(3)14-16-11/h9H,5-8H2,1-4H3,(H,12,13,14). The first-order valence-electron chi connectivity index (χ1n) is 5.84. The molecule has 5 nitrogen and oxygen atoms in total. The van der Waals surface area contributed by atoms with Gasteiger partial charge in [0.1, 0.15) is 0 Å². The third kappa shape index (κ3) is 4.61. The summed E-state index contributed by atoms with van der Waals surface area (Å²) in [5.41, 5.74) is 0. The van der Waals surface area contributed by atoms with Crippen molar-refractivity contribution in [2.24, 2.45) is 0 Å². The average molecular weight is 226 g/mol. The van der Waals surface area contributed by atoms with Gasteiger partial charge in [0.25, 0.3) is 0 Å². The molecule has 0 amide bonds. The van der Waals surface area contributed by atoms with Crippen LogP contribution in [0.25, 0.3) is 0 Å². The van der Waals surface area contributed by atoms with Crippen molar-refractivity contribution < 1.29 is 4.52 Å². The van der Waals surface area contributed by atoms with Gasteiger partial charge in [0.2, 0.25) is 0 Å². The van der Waals surface area contributed by atoms with Crippen LogP contribution in [0, 0.1) is 6.92 Å². The Hall–Kier alpha value is -1.10. The summed E-state index contributed by atoms with van der Waals surface area (Å²) in [4.78, 5) is 6.42. The van der Waals surface area contributed by atoms with E-state index >= 15 is 0 Å². The van der Waals surface area contributed by atoms with Crippen molar-refractivity contribution in [2.45, 2.75) is 39.7 Å². The van der Waals surface area contributed by atoms with Gasteiger partial charge in [-0.1, -0.05) is 5.16 Å². The molecule has 1 rings (SSSR count). The molecule has 5 heteroatoms. The maximum absolute atomic E-state index is 4.95. The lowest BCUT2D eigenvalue weighted by molar-refractivity contribution is 0.269. The Morgan fingerprint density at radius 1 is 1.38 bits per heavy atom. The van der Waals surface area contributed by atoms with Crippen LogP contribution in [0.15, 0.2) is 4.52 Å². The Morgan fingerprint density at radius 2 is 2.12 bits per heavy atom. The normalized spacial score (nSPS) is 11.4. The smallest absolute Gasteiger partial charge is 0.321 e. The summed E-state index contributed by atoms with van der Waals surface area (Å²) in [6.45, 7) is 8.24. The molecule has 92 valence electrons. The van der Waals surface area contributed by atoms with E-state index < -0.39 is 0 Å². The van der Waals surface area contributed by atoms with Crippen molar-refractivity contribution in [3.05, 3.63) is 5.82 Å². The Labute approximate surface area is 97.2 Å². The highest BCUT2D eigenvalue weighted by molar-refractivity contribution is 5.17. The number of aryl methyl sites for hydroxylation is 1. The molecule has 0 radical (unpaired) electrons. The highest BCUT2D eigenvalue weighted by Crippen LogP contribution is 2.03. The topological polar surface area (TPSA) is 54.2 Å². The van der Waals surface area contributed by atoms with E-state index in [1.165, 1.54) is 6.42 Å². The average Bonchev–Trinajstić information content (AvgIpc) is 2.63. The highest BCUT2D eigenvalue weighted by Gasteiger charge is 2.03. The lowest BCUT2D eigenvalue weighted by Gasteiger charge is -2.20. The molecule has 0 saturated carbocycles. The van der Waals surface area contributed by atoms with Gasteiger partial charge in [-0.2, -0.15) is 4.98 Å². The van der Waals surface area contributed by atoms with Crippen LogP contribution >= 0.6 is 0 Å². The Morgan fingerprint density at radius 3 is 2.69 bits per heavy atom. The van der Waals surface area contributed by atoms with Gasteiger partial charge in [-0.3, -0.25) is 0 Å². The molecule has 0 aliphatic carbocycles. The van der Waals surface area contributed by atoms with E-state index in [0.717, 1.165) is 19.5 Å². The Balaban J connectivity index is 2.04. The minimum atomic E-state index is 0.523. The molecule has 0 aliphatic heterocycles. The third-order valence-corrected chi connectivity index (χ3v) is 2.62. The number of unbranched alkanes of at least 4 members (excludes halogenated alkanes) is 1. The fourth-order valence-corrected chi connectivity index (χ4v) is 1.31. The first kappa shape index (κ1) is 13.0. The molecule has 0 spiro atoms. The SMILES string of the molecule is Cc1noc(NCCCCN(C)C(C)C)n1. The van der Waals surface area contributed by atoms with Gasteiger partial charge >= 0.3 is 6.01 Å². The number of anilines is 1. The van der Waals surface area contributed by atoms with E-state index in [1.807, 2.05) is 6.92 Å². The summed E-state index contributed by atoms with van der Waals surface area (Å²) >= 11 is 0. The summed E-state index contributed by atoms with van der Waals surface area (Å²) < 4.78 is 4.95. The number of aromatic nitrogens is 2. The largest absolute Gasteiger partial charge is 0.338 e. The molecule has 1 N–H and O–H groups in total. The lowest BCUT2D eigenvalue weighted by Crippen LogP contribution is -2.27. The zero-order valence-corrected chi connectivity index (χ0v) is 10.7. The minimum Gasteiger partial charge on any atom is -0.338 e. The maximum Gasteiger partial charge on any atom is 0.321 e. The maximum atomic E-state index is 4.95. The summed E-state index contributed by atoms with van der Waals surface area (Å²) in [5.74, 6) is 0.669. The van der Waals surface area contributed by atoms with Crippen LogP contribution < -0.4 is 5.32 Å². The number of nitrogens with one attached hydrogen (secondary N) is 1. The van der Waals surface area contributed by atoms with E-state index in [0.29, 0.717) is 17.9 Å². The summed E-state index contributed by atoms with van der Waals surface area (Å²) in [5, 5.41) is 6.82. The fraction of sp³-hybridized carbons (Fsp3) is 0.818. The number of hydrogen-bond acceptors (Lipinski definition) is 5. The van der Waals surface area contributed by atoms with Crippen LogP contribution in [0.4, 0.5) is 6.01 Å². The van der Waals surface area contributed by atoms with E-state index in [4.69, 9.17) is 4.52 Å². The van der Waals surface area contributed by atoms with Gasteiger partial charge in [-0.05, 0) is 47.2 Å². The predicted octanol–water partition coefficient (Wildman–Crippen LogP) is 1.91. The third-order valence-electron chi connectivity index (χ3n) is 2.62. The predicted molar refractivity (Wildman–Crippen MR) is 64.5 cm³/mol. The molecule has 1 aromatic heterocycles. The first-order valence-corrected chi connectivity index (χ1v) is 5.84. The van der Waals surface area contributed by atoms with E-state index in [2.05, 4.69) is 41.3 Å². The van der Waals surface area contributed by atoms with Crippen LogP contribution in [0.5, 0.6) is 0 Å². The fourth-order valence-electron chi connectivity index (χ4n) is 1.31. The van der Waals surface area contributed by atoms with E-state index in [-0.39, 0.29) is 0 Å². The summed E-state index contributed by atoms with van der Waals surface area (Å²) in [6, 6.07) is 1.14. The molecular weight excluding hydrogens is 204 g/mol. The van der Waals surface area contributed by atoms with Crippen molar-refractivity contribution in [3.8, 4) is 0 Å². The highest BCUT2D eigenvalue weighted by atomic mass is 16.5. The molecule has 0 saturated heterocycles. The zero-order valence-electron chi connectivity index (χ0n) is 10.7. The van der Waals surface area contributed by atoms with Crippen LogP contribution in [-0.4, -0.2) is 41.2 Å². The van der Waals surface area contributed by atoms with Crippen molar-refractivity contribution in [1.82, 2.24) is 15.0 Å². The first-order chi connectivity index (χ1) is 7.59. The van der Waals surface area contributed by atoms with Gasteiger partial charge < -0.3 is 14.7 Å². The van der Waals surface area contributed by atoms with Gasteiger partial charge in [0.15, 0.2) is 5.82 Å². The van der Waals surface area contributed by atoms with Crippen LogP contribution in [0.2, 0.25) is 0 Å². The Bertz CT molecular complexity index is 298. The molecule has 0 unspecified atom stereocenters.